The van der Waals surface area contributed by atoms with Gasteiger partial charge in [0.25, 0.3) is 0 Å². The molecular weight excluding hydrogens is 232 g/mol. The van der Waals surface area contributed by atoms with Crippen LogP contribution in [0.5, 0.6) is 0 Å². The van der Waals surface area contributed by atoms with Crippen LogP contribution in [-0.2, 0) is 6.42 Å². The lowest BCUT2D eigenvalue weighted by atomic mass is 9.80. The molecule has 1 heteroatoms. The Balaban J connectivity index is 1.88. The fraction of sp³-hybridized carbons (Fsp3) is 0.556. The Morgan fingerprint density at radius 1 is 1.21 bits per heavy atom. The SMILES string of the molecule is C#C[C@]1(O)CCCCC[C@@H]1CCCc1ccccc1. The van der Waals surface area contributed by atoms with Crippen molar-refractivity contribution in [1.29, 1.82) is 0 Å². The summed E-state index contributed by atoms with van der Waals surface area (Å²) >= 11 is 0. The van der Waals surface area contributed by atoms with Crippen molar-refractivity contribution in [3.63, 3.8) is 0 Å². The molecule has 0 amide bonds. The maximum Gasteiger partial charge on any atom is 0.128 e. The molecule has 102 valence electrons. The molecule has 1 aromatic rings. The molecule has 0 spiro atoms. The quantitative estimate of drug-likeness (QED) is 0.639. The summed E-state index contributed by atoms with van der Waals surface area (Å²) in [6, 6.07) is 10.5. The zero-order valence-corrected chi connectivity index (χ0v) is 11.6. The summed E-state index contributed by atoms with van der Waals surface area (Å²) in [6.07, 6.45) is 14.1. The van der Waals surface area contributed by atoms with Crippen LogP contribution < -0.4 is 0 Å². The summed E-state index contributed by atoms with van der Waals surface area (Å²) in [5.74, 6) is 2.96. The summed E-state index contributed by atoms with van der Waals surface area (Å²) in [4.78, 5) is 0. The standard InChI is InChI=1S/C18H24O/c1-2-18(19)15-8-4-7-13-17(18)14-9-12-16-10-5-3-6-11-16/h1,3,5-6,10-11,17,19H,4,7-9,12-15H2/t17-,18+/m1/s1. The molecule has 19 heavy (non-hydrogen) atoms. The average molecular weight is 256 g/mol. The highest BCUT2D eigenvalue weighted by Gasteiger charge is 2.35. The highest BCUT2D eigenvalue weighted by Crippen LogP contribution is 2.35. The van der Waals surface area contributed by atoms with Gasteiger partial charge in [-0.05, 0) is 50.0 Å². The molecule has 0 aromatic heterocycles. The van der Waals surface area contributed by atoms with Crippen molar-refractivity contribution in [3.8, 4) is 12.3 Å². The smallest absolute Gasteiger partial charge is 0.128 e. The van der Waals surface area contributed by atoms with Gasteiger partial charge in [0.05, 0.1) is 0 Å². The Labute approximate surface area is 117 Å². The van der Waals surface area contributed by atoms with E-state index in [1.165, 1.54) is 18.4 Å². The largest absolute Gasteiger partial charge is 0.377 e. The Morgan fingerprint density at radius 3 is 2.74 bits per heavy atom. The van der Waals surface area contributed by atoms with Crippen molar-refractivity contribution < 1.29 is 5.11 Å². The van der Waals surface area contributed by atoms with E-state index in [-0.39, 0.29) is 5.92 Å². The zero-order valence-electron chi connectivity index (χ0n) is 11.6. The molecule has 0 heterocycles. The minimum Gasteiger partial charge on any atom is -0.377 e. The van der Waals surface area contributed by atoms with Gasteiger partial charge in [0.1, 0.15) is 5.60 Å². The van der Waals surface area contributed by atoms with Crippen LogP contribution in [0, 0.1) is 18.3 Å². The molecule has 0 radical (unpaired) electrons. The van der Waals surface area contributed by atoms with Crippen LogP contribution in [0.2, 0.25) is 0 Å². The van der Waals surface area contributed by atoms with Gasteiger partial charge in [-0.1, -0.05) is 49.1 Å². The second kappa shape index (κ2) is 6.78. The van der Waals surface area contributed by atoms with E-state index in [1.54, 1.807) is 0 Å². The van der Waals surface area contributed by atoms with E-state index in [9.17, 15) is 5.11 Å². The van der Waals surface area contributed by atoms with Crippen LogP contribution in [-0.4, -0.2) is 10.7 Å². The highest BCUT2D eigenvalue weighted by molar-refractivity contribution is 5.15. The van der Waals surface area contributed by atoms with Crippen LogP contribution in [0.15, 0.2) is 30.3 Å². The number of hydrogen-bond acceptors (Lipinski definition) is 1. The predicted octanol–water partition coefficient (Wildman–Crippen LogP) is 3.95. The van der Waals surface area contributed by atoms with E-state index < -0.39 is 5.60 Å². The second-order valence-corrected chi connectivity index (χ2v) is 5.74. The molecule has 1 saturated carbocycles. The third-order valence-electron chi connectivity index (χ3n) is 4.40. The van der Waals surface area contributed by atoms with Gasteiger partial charge < -0.3 is 5.11 Å². The van der Waals surface area contributed by atoms with Gasteiger partial charge in [0, 0.05) is 0 Å². The Hall–Kier alpha value is -1.26. The third kappa shape index (κ3) is 3.85. The van der Waals surface area contributed by atoms with Crippen LogP contribution in [0.4, 0.5) is 0 Å². The van der Waals surface area contributed by atoms with Crippen LogP contribution in [0.3, 0.4) is 0 Å². The molecular formula is C18H24O. The molecule has 2 rings (SSSR count). The molecule has 0 bridgehead atoms. The summed E-state index contributed by atoms with van der Waals surface area (Å²) in [6.45, 7) is 0. The van der Waals surface area contributed by atoms with E-state index >= 15 is 0 Å². The maximum atomic E-state index is 10.6. The lowest BCUT2D eigenvalue weighted by Gasteiger charge is -2.30. The molecule has 0 aliphatic heterocycles. The molecule has 2 atom stereocenters. The van der Waals surface area contributed by atoms with Gasteiger partial charge in [0.2, 0.25) is 0 Å². The van der Waals surface area contributed by atoms with Gasteiger partial charge in [-0.25, -0.2) is 0 Å². The van der Waals surface area contributed by atoms with Gasteiger partial charge in [-0.15, -0.1) is 6.42 Å². The van der Waals surface area contributed by atoms with Gasteiger partial charge in [-0.2, -0.15) is 0 Å². The number of terminal acetylenes is 1. The van der Waals surface area contributed by atoms with Crippen molar-refractivity contribution in [2.24, 2.45) is 5.92 Å². The molecule has 1 aliphatic carbocycles. The van der Waals surface area contributed by atoms with Crippen molar-refractivity contribution in [1.82, 2.24) is 0 Å². The minimum atomic E-state index is -0.854. The van der Waals surface area contributed by atoms with Crippen molar-refractivity contribution in [3.05, 3.63) is 35.9 Å². The van der Waals surface area contributed by atoms with E-state index in [0.29, 0.717) is 0 Å². The first-order valence-corrected chi connectivity index (χ1v) is 7.49. The second-order valence-electron chi connectivity index (χ2n) is 5.74. The number of rotatable bonds is 4. The summed E-state index contributed by atoms with van der Waals surface area (Å²) in [5, 5.41) is 10.6. The molecule has 1 aliphatic rings. The highest BCUT2D eigenvalue weighted by atomic mass is 16.3. The molecule has 0 unspecified atom stereocenters. The lowest BCUT2D eigenvalue weighted by molar-refractivity contribution is 0.0265. The molecule has 1 nitrogen and oxygen atoms in total. The maximum absolute atomic E-state index is 10.6. The number of benzene rings is 1. The van der Waals surface area contributed by atoms with E-state index in [1.807, 2.05) is 6.07 Å². The van der Waals surface area contributed by atoms with E-state index in [4.69, 9.17) is 6.42 Å². The predicted molar refractivity (Wildman–Crippen MR) is 79.7 cm³/mol. The lowest BCUT2D eigenvalue weighted by Crippen LogP contribution is -2.35. The molecule has 1 N–H and O–H groups in total. The van der Waals surface area contributed by atoms with E-state index in [2.05, 4.69) is 30.2 Å². The first-order valence-electron chi connectivity index (χ1n) is 7.49. The Kier molecular flexibility index (Phi) is 5.05. The van der Waals surface area contributed by atoms with Crippen LogP contribution in [0.1, 0.15) is 50.5 Å². The third-order valence-corrected chi connectivity index (χ3v) is 4.40. The van der Waals surface area contributed by atoms with Crippen molar-refractivity contribution >= 4 is 0 Å². The number of aryl methyl sites for hydroxylation is 1. The summed E-state index contributed by atoms with van der Waals surface area (Å²) < 4.78 is 0. The Morgan fingerprint density at radius 2 is 2.00 bits per heavy atom. The first kappa shape index (κ1) is 14.2. The zero-order chi connectivity index (χ0) is 13.6. The molecule has 0 saturated heterocycles. The average Bonchev–Trinajstić information content (AvgIpc) is 2.63. The summed E-state index contributed by atoms with van der Waals surface area (Å²) in [7, 11) is 0. The van der Waals surface area contributed by atoms with Gasteiger partial charge >= 0.3 is 0 Å². The molecule has 1 aromatic carbocycles. The number of hydrogen-bond donors (Lipinski definition) is 1. The fourth-order valence-corrected chi connectivity index (χ4v) is 3.18. The van der Waals surface area contributed by atoms with Gasteiger partial charge in [-0.3, -0.25) is 0 Å². The summed E-state index contributed by atoms with van der Waals surface area (Å²) in [5.41, 5.74) is 0.521. The Bertz CT molecular complexity index is 417. The van der Waals surface area contributed by atoms with Gasteiger partial charge in [0.15, 0.2) is 0 Å². The van der Waals surface area contributed by atoms with Crippen LogP contribution in [0.25, 0.3) is 0 Å². The van der Waals surface area contributed by atoms with Crippen molar-refractivity contribution in [2.75, 3.05) is 0 Å². The first-order chi connectivity index (χ1) is 9.24. The minimum absolute atomic E-state index is 0.281. The van der Waals surface area contributed by atoms with Crippen molar-refractivity contribution in [2.45, 2.75) is 57.0 Å². The van der Waals surface area contributed by atoms with E-state index in [0.717, 1.165) is 38.5 Å². The topological polar surface area (TPSA) is 20.2 Å². The molecule has 1 fully saturated rings. The fourth-order valence-electron chi connectivity index (χ4n) is 3.18. The normalized spacial score (nSPS) is 27.5. The van der Waals surface area contributed by atoms with Crippen LogP contribution >= 0.6 is 0 Å². The monoisotopic (exact) mass is 256 g/mol. The number of aliphatic hydroxyl groups is 1.